The van der Waals surface area contributed by atoms with Gasteiger partial charge in [0, 0.05) is 11.6 Å². The lowest BCUT2D eigenvalue weighted by Gasteiger charge is -2.15. The van der Waals surface area contributed by atoms with Crippen LogP contribution in [0, 0.1) is 0 Å². The maximum Gasteiger partial charge on any atom is 0.165 e. The zero-order valence-electron chi connectivity index (χ0n) is 17.4. The minimum absolute atomic E-state index is 0.0329. The maximum atomic E-state index is 5.23. The number of hydrogen-bond donors (Lipinski definition) is 1. The minimum Gasteiger partial charge on any atom is -0.497 e. The van der Waals surface area contributed by atoms with Crippen molar-refractivity contribution in [3.05, 3.63) is 84.7 Å². The van der Waals surface area contributed by atoms with E-state index < -0.39 is 0 Å². The molecule has 0 aliphatic rings. The molecule has 0 aliphatic heterocycles. The summed E-state index contributed by atoms with van der Waals surface area (Å²) in [5, 5.41) is 5.74. The molecule has 31 heavy (non-hydrogen) atoms. The predicted molar refractivity (Wildman–Crippen MR) is 121 cm³/mol. The fourth-order valence-electron chi connectivity index (χ4n) is 3.65. The highest BCUT2D eigenvalue weighted by atomic mass is 16.5. The van der Waals surface area contributed by atoms with E-state index >= 15 is 0 Å². The Morgan fingerprint density at radius 2 is 1.77 bits per heavy atom. The van der Waals surface area contributed by atoms with E-state index in [1.807, 2.05) is 47.2 Å². The number of imidazole rings is 1. The first kappa shape index (κ1) is 19.0. The lowest BCUT2D eigenvalue weighted by molar-refractivity contribution is 0.414. The molecule has 1 atom stereocenters. The maximum absolute atomic E-state index is 5.23. The van der Waals surface area contributed by atoms with Gasteiger partial charge in [0.1, 0.15) is 17.6 Å². The number of methoxy groups -OCH3 is 1. The van der Waals surface area contributed by atoms with Crippen LogP contribution in [0.25, 0.3) is 21.9 Å². The normalized spacial score (nSPS) is 12.2. The first-order valence-electron chi connectivity index (χ1n) is 10.1. The summed E-state index contributed by atoms with van der Waals surface area (Å²) in [7, 11) is 1.66. The van der Waals surface area contributed by atoms with E-state index in [2.05, 4.69) is 50.4 Å². The number of pyridine rings is 1. The average molecular weight is 410 g/mol. The summed E-state index contributed by atoms with van der Waals surface area (Å²) >= 11 is 0. The van der Waals surface area contributed by atoms with Crippen molar-refractivity contribution in [1.29, 1.82) is 0 Å². The third-order valence-corrected chi connectivity index (χ3v) is 5.36. The van der Waals surface area contributed by atoms with Crippen LogP contribution in [-0.2, 0) is 6.54 Å². The molecule has 7 nitrogen and oxygen atoms in total. The van der Waals surface area contributed by atoms with Crippen LogP contribution < -0.4 is 10.1 Å². The topological polar surface area (TPSA) is 77.8 Å². The predicted octanol–water partition coefficient (Wildman–Crippen LogP) is 4.60. The summed E-state index contributed by atoms with van der Waals surface area (Å²) in [5.74, 6) is 1.53. The monoisotopic (exact) mass is 410 g/mol. The SMILES string of the molecule is COc1ccc(Cn2cnc3c(NC(C)c4cc5ccccc5cn4)ncnc32)cc1. The molecule has 2 aromatic carbocycles. The van der Waals surface area contributed by atoms with Gasteiger partial charge in [-0.25, -0.2) is 15.0 Å². The Morgan fingerprint density at radius 3 is 2.58 bits per heavy atom. The largest absolute Gasteiger partial charge is 0.497 e. The Kier molecular flexibility index (Phi) is 4.92. The van der Waals surface area contributed by atoms with Crippen molar-refractivity contribution >= 4 is 27.8 Å². The van der Waals surface area contributed by atoms with Crippen LogP contribution in [0.3, 0.4) is 0 Å². The van der Waals surface area contributed by atoms with Gasteiger partial charge in [-0.3, -0.25) is 4.98 Å². The number of fused-ring (bicyclic) bond motifs is 2. The molecule has 0 saturated heterocycles. The van der Waals surface area contributed by atoms with Crippen molar-refractivity contribution in [3.8, 4) is 5.75 Å². The van der Waals surface area contributed by atoms with Crippen LogP contribution in [0.1, 0.15) is 24.2 Å². The summed E-state index contributed by atoms with van der Waals surface area (Å²) < 4.78 is 7.25. The molecule has 0 amide bonds. The van der Waals surface area contributed by atoms with Gasteiger partial charge < -0.3 is 14.6 Å². The van der Waals surface area contributed by atoms with Crippen molar-refractivity contribution in [2.75, 3.05) is 12.4 Å². The molecule has 5 aromatic rings. The highest BCUT2D eigenvalue weighted by Gasteiger charge is 2.14. The van der Waals surface area contributed by atoms with E-state index in [1.54, 1.807) is 19.8 Å². The van der Waals surface area contributed by atoms with Crippen molar-refractivity contribution < 1.29 is 4.74 Å². The zero-order valence-corrected chi connectivity index (χ0v) is 17.4. The van der Waals surface area contributed by atoms with Gasteiger partial charge in [0.05, 0.1) is 31.7 Å². The standard InChI is InChI=1S/C24H22N6O/c1-16(21-11-18-5-3-4-6-19(18)12-25-21)29-23-22-24(27-14-26-23)30(15-28-22)13-17-7-9-20(31-2)10-8-17/h3-12,14-16H,13H2,1-2H3,(H,26,27,29). The van der Waals surface area contributed by atoms with Gasteiger partial charge in [0.2, 0.25) is 0 Å². The summed E-state index contributed by atoms with van der Waals surface area (Å²) in [6.07, 6.45) is 5.27. The van der Waals surface area contributed by atoms with Crippen LogP contribution in [0.15, 0.2) is 73.4 Å². The molecule has 1 N–H and O–H groups in total. The van der Waals surface area contributed by atoms with Gasteiger partial charge in [-0.15, -0.1) is 0 Å². The van der Waals surface area contributed by atoms with Crippen LogP contribution in [0.5, 0.6) is 5.75 Å². The van der Waals surface area contributed by atoms with Gasteiger partial charge in [-0.05, 0) is 36.1 Å². The van der Waals surface area contributed by atoms with Crippen molar-refractivity contribution in [3.63, 3.8) is 0 Å². The molecule has 0 bridgehead atoms. The molecule has 7 heteroatoms. The van der Waals surface area contributed by atoms with E-state index in [1.165, 1.54) is 0 Å². The third kappa shape index (κ3) is 3.77. The molecule has 0 saturated carbocycles. The van der Waals surface area contributed by atoms with E-state index in [4.69, 9.17) is 4.74 Å². The molecule has 0 fully saturated rings. The number of rotatable bonds is 6. The van der Waals surface area contributed by atoms with Gasteiger partial charge in [-0.1, -0.05) is 36.4 Å². The molecule has 3 aromatic heterocycles. The lowest BCUT2D eigenvalue weighted by Crippen LogP contribution is -2.10. The van der Waals surface area contributed by atoms with E-state index in [-0.39, 0.29) is 6.04 Å². The highest BCUT2D eigenvalue weighted by molar-refractivity contribution is 5.84. The quantitative estimate of drug-likeness (QED) is 0.441. The number of hydrogen-bond acceptors (Lipinski definition) is 6. The Balaban J connectivity index is 1.40. The van der Waals surface area contributed by atoms with E-state index in [0.717, 1.165) is 38.9 Å². The second-order valence-corrected chi connectivity index (χ2v) is 7.44. The second-order valence-electron chi connectivity index (χ2n) is 7.44. The van der Waals surface area contributed by atoms with Gasteiger partial charge in [0.15, 0.2) is 11.5 Å². The van der Waals surface area contributed by atoms with Crippen molar-refractivity contribution in [2.45, 2.75) is 19.5 Å². The summed E-state index contributed by atoms with van der Waals surface area (Å²) in [6.45, 7) is 2.73. The molecule has 154 valence electrons. The smallest absolute Gasteiger partial charge is 0.165 e. The van der Waals surface area contributed by atoms with Crippen molar-refractivity contribution in [2.24, 2.45) is 0 Å². The third-order valence-electron chi connectivity index (χ3n) is 5.36. The number of anilines is 1. The number of nitrogens with zero attached hydrogens (tertiary/aromatic N) is 5. The highest BCUT2D eigenvalue weighted by Crippen LogP contribution is 2.24. The molecule has 0 spiro atoms. The first-order valence-corrected chi connectivity index (χ1v) is 10.1. The molecule has 3 heterocycles. The fraction of sp³-hybridized carbons (Fsp3) is 0.167. The first-order chi connectivity index (χ1) is 15.2. The Hall–Kier alpha value is -4.00. The Morgan fingerprint density at radius 1 is 0.968 bits per heavy atom. The van der Waals surface area contributed by atoms with Crippen molar-refractivity contribution in [1.82, 2.24) is 24.5 Å². The lowest BCUT2D eigenvalue weighted by atomic mass is 10.1. The molecule has 0 aliphatic carbocycles. The Bertz CT molecular complexity index is 1350. The van der Waals surface area contributed by atoms with E-state index in [9.17, 15) is 0 Å². The zero-order chi connectivity index (χ0) is 21.2. The number of aromatic nitrogens is 5. The van der Waals surface area contributed by atoms with Crippen LogP contribution >= 0.6 is 0 Å². The molecule has 1 unspecified atom stereocenters. The van der Waals surface area contributed by atoms with Crippen LogP contribution in [-0.4, -0.2) is 31.6 Å². The van der Waals surface area contributed by atoms with Gasteiger partial charge in [0.25, 0.3) is 0 Å². The van der Waals surface area contributed by atoms with Crippen LogP contribution in [0.2, 0.25) is 0 Å². The molecular weight excluding hydrogens is 388 g/mol. The number of benzene rings is 2. The molecule has 5 rings (SSSR count). The average Bonchev–Trinajstić information content (AvgIpc) is 3.23. The van der Waals surface area contributed by atoms with Crippen LogP contribution in [0.4, 0.5) is 5.82 Å². The van der Waals surface area contributed by atoms with Gasteiger partial charge >= 0.3 is 0 Å². The fourth-order valence-corrected chi connectivity index (χ4v) is 3.65. The Labute approximate surface area is 179 Å². The number of nitrogens with one attached hydrogen (secondary N) is 1. The summed E-state index contributed by atoms with van der Waals surface area (Å²) in [4.78, 5) is 18.1. The molecular formula is C24H22N6O. The molecule has 0 radical (unpaired) electrons. The summed E-state index contributed by atoms with van der Waals surface area (Å²) in [5.41, 5.74) is 3.61. The van der Waals surface area contributed by atoms with E-state index in [0.29, 0.717) is 12.4 Å². The minimum atomic E-state index is -0.0329. The number of ether oxygens (including phenoxy) is 1. The second kappa shape index (κ2) is 8.02. The van der Waals surface area contributed by atoms with Gasteiger partial charge in [-0.2, -0.15) is 0 Å². The summed E-state index contributed by atoms with van der Waals surface area (Å²) in [6, 6.07) is 18.3.